The van der Waals surface area contributed by atoms with E-state index in [9.17, 15) is 0 Å². The summed E-state index contributed by atoms with van der Waals surface area (Å²) in [6.45, 7) is 0.771. The summed E-state index contributed by atoms with van der Waals surface area (Å²) in [5.74, 6) is 0. The van der Waals surface area contributed by atoms with Crippen LogP contribution in [0.2, 0.25) is 5.02 Å². The Bertz CT molecular complexity index is 749. The number of halogens is 2. The number of nitrogens with two attached hydrogens (primary N) is 1. The Labute approximate surface area is 124 Å². The van der Waals surface area contributed by atoms with Gasteiger partial charge in [-0.25, -0.2) is 0 Å². The van der Waals surface area contributed by atoms with Crippen LogP contribution in [0.3, 0.4) is 0 Å². The highest BCUT2D eigenvalue weighted by atomic mass is 79.9. The maximum atomic E-state index is 5.94. The molecule has 2 aromatic carbocycles. The van der Waals surface area contributed by atoms with Crippen molar-refractivity contribution in [2.75, 3.05) is 5.73 Å². The molecule has 1 aromatic heterocycles. The van der Waals surface area contributed by atoms with Crippen molar-refractivity contribution in [3.63, 3.8) is 0 Å². The van der Waals surface area contributed by atoms with Crippen LogP contribution in [-0.4, -0.2) is 4.57 Å². The third-order valence-electron chi connectivity index (χ3n) is 3.15. The maximum absolute atomic E-state index is 5.94. The molecule has 0 aliphatic rings. The standard InChI is InChI=1S/C15H12BrClN2/c16-12-9-19(15-4-2-1-3-11(12)15)8-10-5-6-13(17)14(18)7-10/h1-7,9H,8,18H2. The van der Waals surface area contributed by atoms with E-state index in [1.807, 2.05) is 30.3 Å². The Morgan fingerprint density at radius 2 is 1.95 bits per heavy atom. The van der Waals surface area contributed by atoms with E-state index in [0.717, 1.165) is 16.6 Å². The van der Waals surface area contributed by atoms with E-state index in [1.165, 1.54) is 10.9 Å². The van der Waals surface area contributed by atoms with Gasteiger partial charge in [-0.2, -0.15) is 0 Å². The Morgan fingerprint density at radius 1 is 1.16 bits per heavy atom. The number of benzene rings is 2. The average Bonchev–Trinajstić information content (AvgIpc) is 2.72. The first-order valence-corrected chi connectivity index (χ1v) is 7.09. The lowest BCUT2D eigenvalue weighted by Gasteiger charge is -2.07. The molecule has 2 N–H and O–H groups in total. The van der Waals surface area contributed by atoms with Crippen molar-refractivity contribution in [3.8, 4) is 0 Å². The molecule has 96 valence electrons. The zero-order chi connectivity index (χ0) is 13.4. The summed E-state index contributed by atoms with van der Waals surface area (Å²) in [7, 11) is 0. The molecule has 19 heavy (non-hydrogen) atoms. The molecular formula is C15H12BrClN2. The topological polar surface area (TPSA) is 30.9 Å². The molecule has 4 heteroatoms. The first kappa shape index (κ1) is 12.6. The molecule has 0 atom stereocenters. The summed E-state index contributed by atoms with van der Waals surface area (Å²) in [6.07, 6.45) is 2.09. The normalized spacial score (nSPS) is 11.1. The van der Waals surface area contributed by atoms with Crippen molar-refractivity contribution in [1.29, 1.82) is 0 Å². The minimum Gasteiger partial charge on any atom is -0.398 e. The van der Waals surface area contributed by atoms with E-state index >= 15 is 0 Å². The lowest BCUT2D eigenvalue weighted by atomic mass is 10.2. The third kappa shape index (κ3) is 2.36. The predicted molar refractivity (Wildman–Crippen MR) is 84.6 cm³/mol. The Kier molecular flexibility index (Phi) is 3.25. The molecule has 0 fully saturated rings. The van der Waals surface area contributed by atoms with E-state index in [0.29, 0.717) is 10.7 Å². The summed E-state index contributed by atoms with van der Waals surface area (Å²) in [5.41, 5.74) is 8.79. The zero-order valence-corrected chi connectivity index (χ0v) is 12.4. The van der Waals surface area contributed by atoms with Crippen molar-refractivity contribution >= 4 is 44.1 Å². The SMILES string of the molecule is Nc1cc(Cn2cc(Br)c3ccccc32)ccc1Cl. The summed E-state index contributed by atoms with van der Waals surface area (Å²) in [4.78, 5) is 0. The lowest BCUT2D eigenvalue weighted by molar-refractivity contribution is 0.836. The van der Waals surface area contributed by atoms with E-state index in [4.69, 9.17) is 17.3 Å². The first-order valence-electron chi connectivity index (χ1n) is 5.92. The van der Waals surface area contributed by atoms with Gasteiger partial charge in [-0.1, -0.05) is 35.9 Å². The van der Waals surface area contributed by atoms with Gasteiger partial charge in [-0.15, -0.1) is 0 Å². The molecule has 0 aliphatic heterocycles. The molecule has 0 bridgehead atoms. The van der Waals surface area contributed by atoms with Crippen molar-refractivity contribution < 1.29 is 0 Å². The predicted octanol–water partition coefficient (Wildman–Crippen LogP) is 4.69. The first-order chi connectivity index (χ1) is 9.15. The molecular weight excluding hydrogens is 324 g/mol. The summed E-state index contributed by atoms with van der Waals surface area (Å²) in [6, 6.07) is 14.1. The lowest BCUT2D eigenvalue weighted by Crippen LogP contribution is -1.99. The number of hydrogen-bond acceptors (Lipinski definition) is 1. The molecule has 0 radical (unpaired) electrons. The number of rotatable bonds is 2. The fourth-order valence-electron chi connectivity index (χ4n) is 2.22. The second kappa shape index (κ2) is 4.91. The number of anilines is 1. The number of aromatic nitrogens is 1. The molecule has 0 saturated carbocycles. The molecule has 0 saturated heterocycles. The van der Waals surface area contributed by atoms with Crippen LogP contribution < -0.4 is 5.73 Å². The molecule has 3 rings (SSSR count). The second-order valence-corrected chi connectivity index (χ2v) is 5.74. The van der Waals surface area contributed by atoms with Crippen molar-refractivity contribution in [2.24, 2.45) is 0 Å². The Morgan fingerprint density at radius 3 is 2.74 bits per heavy atom. The van der Waals surface area contributed by atoms with Gasteiger partial charge in [0.1, 0.15) is 0 Å². The van der Waals surface area contributed by atoms with Gasteiger partial charge in [0.2, 0.25) is 0 Å². The summed E-state index contributed by atoms with van der Waals surface area (Å²) < 4.78 is 3.30. The summed E-state index contributed by atoms with van der Waals surface area (Å²) >= 11 is 9.53. The van der Waals surface area contributed by atoms with Gasteiger partial charge >= 0.3 is 0 Å². The fourth-order valence-corrected chi connectivity index (χ4v) is 2.92. The number of nitrogen functional groups attached to an aromatic ring is 1. The van der Waals surface area contributed by atoms with Crippen LogP contribution in [0.4, 0.5) is 5.69 Å². The smallest absolute Gasteiger partial charge is 0.0635 e. The number of fused-ring (bicyclic) bond motifs is 1. The van der Waals surface area contributed by atoms with Gasteiger partial charge in [0, 0.05) is 28.1 Å². The zero-order valence-electron chi connectivity index (χ0n) is 10.1. The molecule has 0 unspecified atom stereocenters. The van der Waals surface area contributed by atoms with Crippen molar-refractivity contribution in [2.45, 2.75) is 6.54 Å². The number of para-hydroxylation sites is 1. The van der Waals surface area contributed by atoms with Crippen LogP contribution in [0.15, 0.2) is 53.1 Å². The van der Waals surface area contributed by atoms with Gasteiger partial charge < -0.3 is 10.3 Å². The highest BCUT2D eigenvalue weighted by Gasteiger charge is 2.06. The van der Waals surface area contributed by atoms with E-state index in [1.54, 1.807) is 0 Å². The maximum Gasteiger partial charge on any atom is 0.0635 e. The average molecular weight is 336 g/mol. The summed E-state index contributed by atoms with van der Waals surface area (Å²) in [5, 5.41) is 1.81. The van der Waals surface area contributed by atoms with Gasteiger partial charge in [-0.3, -0.25) is 0 Å². The van der Waals surface area contributed by atoms with E-state index in [2.05, 4.69) is 38.8 Å². The van der Waals surface area contributed by atoms with Crippen molar-refractivity contribution in [3.05, 3.63) is 63.7 Å². The van der Waals surface area contributed by atoms with Crippen LogP contribution in [0, 0.1) is 0 Å². The van der Waals surface area contributed by atoms with Gasteiger partial charge in [0.05, 0.1) is 10.7 Å². The Balaban J connectivity index is 2.03. The van der Waals surface area contributed by atoms with E-state index < -0.39 is 0 Å². The van der Waals surface area contributed by atoms with Crippen molar-refractivity contribution in [1.82, 2.24) is 4.57 Å². The minimum atomic E-state index is 0.599. The van der Waals surface area contributed by atoms with Crippen LogP contribution in [0.25, 0.3) is 10.9 Å². The van der Waals surface area contributed by atoms with Gasteiger partial charge in [0.15, 0.2) is 0 Å². The van der Waals surface area contributed by atoms with Gasteiger partial charge in [0.25, 0.3) is 0 Å². The molecule has 0 spiro atoms. The molecule has 2 nitrogen and oxygen atoms in total. The van der Waals surface area contributed by atoms with Gasteiger partial charge in [-0.05, 0) is 39.7 Å². The Hall–Kier alpha value is -1.45. The highest BCUT2D eigenvalue weighted by molar-refractivity contribution is 9.10. The van der Waals surface area contributed by atoms with Crippen LogP contribution in [0.1, 0.15) is 5.56 Å². The van der Waals surface area contributed by atoms with Crippen LogP contribution in [-0.2, 0) is 6.54 Å². The molecule has 0 amide bonds. The largest absolute Gasteiger partial charge is 0.398 e. The molecule has 3 aromatic rings. The number of hydrogen-bond donors (Lipinski definition) is 1. The number of nitrogens with zero attached hydrogens (tertiary/aromatic N) is 1. The molecule has 1 heterocycles. The minimum absolute atomic E-state index is 0.599. The quantitative estimate of drug-likeness (QED) is 0.677. The van der Waals surface area contributed by atoms with Crippen LogP contribution in [0.5, 0.6) is 0 Å². The monoisotopic (exact) mass is 334 g/mol. The molecule has 0 aliphatic carbocycles. The highest BCUT2D eigenvalue weighted by Crippen LogP contribution is 2.27. The third-order valence-corrected chi connectivity index (χ3v) is 4.13. The second-order valence-electron chi connectivity index (χ2n) is 4.48. The fraction of sp³-hybridized carbons (Fsp3) is 0.0667. The van der Waals surface area contributed by atoms with E-state index in [-0.39, 0.29) is 0 Å². The van der Waals surface area contributed by atoms with Crippen LogP contribution >= 0.6 is 27.5 Å².